The molecule has 3 aromatic rings. The molecule has 0 radical (unpaired) electrons. The number of benzene rings is 3. The molecule has 1 aliphatic rings. The summed E-state index contributed by atoms with van der Waals surface area (Å²) >= 11 is 6.51. The van der Waals surface area contributed by atoms with E-state index >= 15 is 0 Å². The van der Waals surface area contributed by atoms with Crippen molar-refractivity contribution in [3.05, 3.63) is 82.4 Å². The summed E-state index contributed by atoms with van der Waals surface area (Å²) in [5.41, 5.74) is 2.65. The predicted octanol–water partition coefficient (Wildman–Crippen LogP) is 6.04. The van der Waals surface area contributed by atoms with Crippen LogP contribution in [0.5, 0.6) is 11.5 Å². The first-order valence-corrected chi connectivity index (χ1v) is 17.0. The zero-order valence-corrected chi connectivity index (χ0v) is 28.1. The lowest BCUT2D eigenvalue weighted by Crippen LogP contribution is -2.53. The van der Waals surface area contributed by atoms with Crippen LogP contribution in [-0.2, 0) is 26.2 Å². The van der Waals surface area contributed by atoms with Crippen LogP contribution in [0.4, 0.5) is 5.69 Å². The zero-order valence-electron chi connectivity index (χ0n) is 26.5. The van der Waals surface area contributed by atoms with Crippen molar-refractivity contribution in [3.63, 3.8) is 0 Å². The molecule has 2 amide bonds. The molecule has 1 atom stereocenters. The number of rotatable bonds is 13. The van der Waals surface area contributed by atoms with E-state index in [1.165, 1.54) is 37.3 Å². The Balaban J connectivity index is 1.78. The minimum atomic E-state index is -4.30. The fourth-order valence-electron chi connectivity index (χ4n) is 5.82. The van der Waals surface area contributed by atoms with Crippen LogP contribution in [0, 0.1) is 13.8 Å². The number of hydrogen-bond acceptors (Lipinski definition) is 6. The second kappa shape index (κ2) is 15.0. The molecule has 1 fully saturated rings. The average molecular weight is 656 g/mol. The molecule has 45 heavy (non-hydrogen) atoms. The lowest BCUT2D eigenvalue weighted by atomic mass is 10.1. The lowest BCUT2D eigenvalue weighted by Gasteiger charge is -2.34. The number of aryl methyl sites for hydroxylation is 2. The Morgan fingerprint density at radius 3 is 2.20 bits per heavy atom. The van der Waals surface area contributed by atoms with Crippen LogP contribution in [0.15, 0.2) is 65.6 Å². The zero-order chi connectivity index (χ0) is 32.7. The molecule has 0 bridgehead atoms. The number of carbonyl (C=O) groups is 2. The van der Waals surface area contributed by atoms with Crippen LogP contribution in [0.3, 0.4) is 0 Å². The summed E-state index contributed by atoms with van der Waals surface area (Å²) in [6.07, 6.45) is 4.21. The molecule has 3 aromatic carbocycles. The number of methoxy groups -OCH3 is 2. The molecule has 4 rings (SSSR count). The summed E-state index contributed by atoms with van der Waals surface area (Å²) in [5, 5.41) is 3.57. The van der Waals surface area contributed by atoms with Gasteiger partial charge in [-0.15, -0.1) is 0 Å². The molecule has 0 aliphatic heterocycles. The molecule has 0 spiro atoms. The quantitative estimate of drug-likeness (QED) is 0.241. The van der Waals surface area contributed by atoms with Crippen molar-refractivity contribution < 1.29 is 27.5 Å². The first-order chi connectivity index (χ1) is 21.5. The summed E-state index contributed by atoms with van der Waals surface area (Å²) in [6.45, 7) is 5.06. The van der Waals surface area contributed by atoms with E-state index in [4.69, 9.17) is 21.1 Å². The highest BCUT2D eigenvalue weighted by molar-refractivity contribution is 7.92. The number of nitrogens with one attached hydrogen (secondary N) is 1. The van der Waals surface area contributed by atoms with Crippen molar-refractivity contribution in [2.24, 2.45) is 0 Å². The number of amides is 2. The van der Waals surface area contributed by atoms with Crippen LogP contribution < -0.4 is 19.1 Å². The Labute approximate surface area is 271 Å². The van der Waals surface area contributed by atoms with Crippen LogP contribution >= 0.6 is 11.6 Å². The van der Waals surface area contributed by atoms with Crippen molar-refractivity contribution in [3.8, 4) is 11.5 Å². The molecule has 0 aromatic heterocycles. The summed E-state index contributed by atoms with van der Waals surface area (Å²) in [5.74, 6) is -0.187. The lowest BCUT2D eigenvalue weighted by molar-refractivity contribution is -0.140. The van der Waals surface area contributed by atoms with Crippen molar-refractivity contribution >= 4 is 39.1 Å². The summed E-state index contributed by atoms with van der Waals surface area (Å²) in [7, 11) is -1.41. The highest BCUT2D eigenvalue weighted by Gasteiger charge is 2.35. The fourth-order valence-corrected chi connectivity index (χ4v) is 7.43. The van der Waals surface area contributed by atoms with Gasteiger partial charge in [0.05, 0.1) is 24.8 Å². The van der Waals surface area contributed by atoms with E-state index in [9.17, 15) is 18.0 Å². The van der Waals surface area contributed by atoms with Gasteiger partial charge in [0, 0.05) is 23.7 Å². The first kappa shape index (κ1) is 34.1. The van der Waals surface area contributed by atoms with Gasteiger partial charge in [-0.3, -0.25) is 13.9 Å². The highest BCUT2D eigenvalue weighted by Crippen LogP contribution is 2.33. The minimum absolute atomic E-state index is 0.0339. The standard InChI is InChI=1S/C34H42ClN3O6S/c1-6-30(34(40)36-26-12-8-9-13-26)37(21-25-11-7-10-14-29(25)35)33(39)22-38(27-18-23(2)17-24(3)19-27)45(41,42)28-15-16-31(43-4)32(20-28)44-5/h7,10-11,14-20,26,30H,6,8-9,12-13,21-22H2,1-5H3,(H,36,40). The molecule has 1 aliphatic carbocycles. The van der Waals surface area contributed by atoms with Gasteiger partial charge in [0.15, 0.2) is 11.5 Å². The Kier molecular flexibility index (Phi) is 11.4. The van der Waals surface area contributed by atoms with E-state index in [0.717, 1.165) is 41.1 Å². The van der Waals surface area contributed by atoms with E-state index in [0.29, 0.717) is 28.4 Å². The molecule has 0 heterocycles. The number of nitrogens with zero attached hydrogens (tertiary/aromatic N) is 2. The Bertz CT molecular complexity index is 1600. The molecule has 11 heteroatoms. The van der Waals surface area contributed by atoms with Crippen LogP contribution in [0.25, 0.3) is 0 Å². The Morgan fingerprint density at radius 2 is 1.60 bits per heavy atom. The molecule has 1 N–H and O–H groups in total. The van der Waals surface area contributed by atoms with E-state index in [1.54, 1.807) is 30.3 Å². The molecule has 1 unspecified atom stereocenters. The normalized spacial score (nSPS) is 14.1. The average Bonchev–Trinajstić information content (AvgIpc) is 3.52. The van der Waals surface area contributed by atoms with Gasteiger partial charge in [0.1, 0.15) is 12.6 Å². The SMILES string of the molecule is CCC(C(=O)NC1CCCC1)N(Cc1ccccc1Cl)C(=O)CN(c1cc(C)cc(C)c1)S(=O)(=O)c1ccc(OC)c(OC)c1. The first-order valence-electron chi connectivity index (χ1n) is 15.1. The second-order valence-electron chi connectivity index (χ2n) is 11.4. The van der Waals surface area contributed by atoms with Crippen molar-refractivity contribution in [2.45, 2.75) is 76.4 Å². The van der Waals surface area contributed by atoms with Gasteiger partial charge in [-0.25, -0.2) is 8.42 Å². The van der Waals surface area contributed by atoms with Gasteiger partial charge >= 0.3 is 0 Å². The number of anilines is 1. The fraction of sp³-hybridized carbons (Fsp3) is 0.412. The molecule has 1 saturated carbocycles. The maximum absolute atomic E-state index is 14.4. The third kappa shape index (κ3) is 8.10. The largest absolute Gasteiger partial charge is 0.493 e. The number of ether oxygens (including phenoxy) is 2. The van der Waals surface area contributed by atoms with Gasteiger partial charge in [-0.05, 0) is 80.1 Å². The third-order valence-electron chi connectivity index (χ3n) is 8.10. The molecule has 9 nitrogen and oxygen atoms in total. The predicted molar refractivity (Wildman–Crippen MR) is 176 cm³/mol. The highest BCUT2D eigenvalue weighted by atomic mass is 35.5. The topological polar surface area (TPSA) is 105 Å². The van der Waals surface area contributed by atoms with Crippen LogP contribution in [0.2, 0.25) is 5.02 Å². The summed E-state index contributed by atoms with van der Waals surface area (Å²) in [6, 6.07) is 16.0. The van der Waals surface area contributed by atoms with Crippen molar-refractivity contribution in [1.82, 2.24) is 10.2 Å². The summed E-state index contributed by atoms with van der Waals surface area (Å²) < 4.78 is 40.5. The third-order valence-corrected chi connectivity index (χ3v) is 10.2. The molecule has 0 saturated heterocycles. The van der Waals surface area contributed by atoms with Crippen molar-refractivity contribution in [1.29, 1.82) is 0 Å². The minimum Gasteiger partial charge on any atom is -0.493 e. The number of sulfonamides is 1. The van der Waals surface area contributed by atoms with Gasteiger partial charge in [0.25, 0.3) is 10.0 Å². The van der Waals surface area contributed by atoms with Crippen LogP contribution in [-0.4, -0.2) is 58.0 Å². The van der Waals surface area contributed by atoms with Gasteiger partial charge in [-0.1, -0.05) is 55.6 Å². The molecular weight excluding hydrogens is 614 g/mol. The van der Waals surface area contributed by atoms with E-state index in [2.05, 4.69) is 5.32 Å². The Hall–Kier alpha value is -3.76. The van der Waals surface area contributed by atoms with E-state index < -0.39 is 28.5 Å². The maximum Gasteiger partial charge on any atom is 0.264 e. The second-order valence-corrected chi connectivity index (χ2v) is 13.7. The number of carbonyl (C=O) groups excluding carboxylic acids is 2. The van der Waals surface area contributed by atoms with Gasteiger partial charge in [0.2, 0.25) is 11.8 Å². The van der Waals surface area contributed by atoms with E-state index in [-0.39, 0.29) is 29.1 Å². The van der Waals surface area contributed by atoms with Crippen LogP contribution in [0.1, 0.15) is 55.7 Å². The maximum atomic E-state index is 14.4. The number of hydrogen-bond donors (Lipinski definition) is 1. The van der Waals surface area contributed by atoms with Gasteiger partial charge < -0.3 is 19.7 Å². The monoisotopic (exact) mass is 655 g/mol. The van der Waals surface area contributed by atoms with Crippen molar-refractivity contribution in [2.75, 3.05) is 25.1 Å². The molecular formula is C34H42ClN3O6S. The smallest absolute Gasteiger partial charge is 0.264 e. The summed E-state index contributed by atoms with van der Waals surface area (Å²) in [4.78, 5) is 29.4. The Morgan fingerprint density at radius 1 is 0.956 bits per heavy atom. The molecule has 242 valence electrons. The van der Waals surface area contributed by atoms with Gasteiger partial charge in [-0.2, -0.15) is 0 Å². The number of halogens is 1. The van der Waals surface area contributed by atoms with E-state index in [1.807, 2.05) is 32.9 Å².